The van der Waals surface area contributed by atoms with Gasteiger partial charge in [0.05, 0.1) is 29.5 Å². The molecule has 1 aromatic heterocycles. The van der Waals surface area contributed by atoms with Gasteiger partial charge < -0.3 is 14.6 Å². The number of carbonyl (C=O) groups excluding carboxylic acids is 2. The number of carbonyl (C=O) groups is 2. The SMILES string of the molecule is CCn1c(SCC(=O)c2ccc(OC)cc2)nnc1[C@H](NC(=O)c1ccc(Cl)cc1Cl)C(C)C. The molecule has 0 fully saturated rings. The third kappa shape index (κ3) is 6.11. The lowest BCUT2D eigenvalue weighted by Gasteiger charge is -2.22. The summed E-state index contributed by atoms with van der Waals surface area (Å²) in [4.78, 5) is 25.6. The van der Waals surface area contributed by atoms with E-state index < -0.39 is 6.04 Å². The summed E-state index contributed by atoms with van der Waals surface area (Å²) in [6.07, 6.45) is 0. The second kappa shape index (κ2) is 11.7. The van der Waals surface area contributed by atoms with Crippen molar-refractivity contribution in [2.75, 3.05) is 12.9 Å². The molecule has 0 unspecified atom stereocenters. The van der Waals surface area contributed by atoms with Gasteiger partial charge in [0.15, 0.2) is 16.8 Å². The van der Waals surface area contributed by atoms with E-state index in [-0.39, 0.29) is 28.4 Å². The van der Waals surface area contributed by atoms with E-state index >= 15 is 0 Å². The van der Waals surface area contributed by atoms with Crippen molar-refractivity contribution in [3.63, 3.8) is 0 Å². The molecule has 0 bridgehead atoms. The van der Waals surface area contributed by atoms with Gasteiger partial charge in [-0.1, -0.05) is 48.8 Å². The molecule has 0 spiro atoms. The van der Waals surface area contributed by atoms with Crippen molar-refractivity contribution in [3.05, 3.63) is 69.5 Å². The molecule has 1 heterocycles. The van der Waals surface area contributed by atoms with Gasteiger partial charge in [-0.2, -0.15) is 0 Å². The minimum Gasteiger partial charge on any atom is -0.497 e. The summed E-state index contributed by atoms with van der Waals surface area (Å²) in [6.45, 7) is 6.53. The Morgan fingerprint density at radius 2 is 1.82 bits per heavy atom. The minimum atomic E-state index is -0.404. The standard InChI is InChI=1S/C24H26Cl2N4O3S/c1-5-30-22(21(14(2)3)27-23(32)18-11-8-16(25)12-19(18)26)28-29-24(30)34-13-20(31)15-6-9-17(33-4)10-7-15/h6-12,14,21H,5,13H2,1-4H3,(H,27,32)/t21-/m1/s1. The summed E-state index contributed by atoms with van der Waals surface area (Å²) in [5.41, 5.74) is 0.933. The third-order valence-electron chi connectivity index (χ3n) is 5.21. The number of nitrogens with zero attached hydrogens (tertiary/aromatic N) is 3. The van der Waals surface area contributed by atoms with E-state index in [1.54, 1.807) is 43.5 Å². The smallest absolute Gasteiger partial charge is 0.253 e. The summed E-state index contributed by atoms with van der Waals surface area (Å²) >= 11 is 13.5. The van der Waals surface area contributed by atoms with Crippen LogP contribution in [0.5, 0.6) is 5.75 Å². The van der Waals surface area contributed by atoms with Crippen LogP contribution >= 0.6 is 35.0 Å². The van der Waals surface area contributed by atoms with Gasteiger partial charge in [-0.3, -0.25) is 9.59 Å². The lowest BCUT2D eigenvalue weighted by atomic mass is 10.0. The predicted octanol–water partition coefficient (Wildman–Crippen LogP) is 5.72. The average Bonchev–Trinajstić information content (AvgIpc) is 3.23. The first-order chi connectivity index (χ1) is 16.2. The number of methoxy groups -OCH3 is 1. The summed E-state index contributed by atoms with van der Waals surface area (Å²) in [5, 5.41) is 13.0. The molecule has 3 rings (SSSR count). The summed E-state index contributed by atoms with van der Waals surface area (Å²) in [5.74, 6) is 1.21. The van der Waals surface area contributed by atoms with Crippen LogP contribution in [0.3, 0.4) is 0 Å². The van der Waals surface area contributed by atoms with Crippen molar-refractivity contribution in [2.45, 2.75) is 38.5 Å². The van der Waals surface area contributed by atoms with Crippen LogP contribution in [0.4, 0.5) is 0 Å². The quantitative estimate of drug-likeness (QED) is 0.272. The number of halogens is 2. The number of thioether (sulfide) groups is 1. The predicted molar refractivity (Wildman–Crippen MR) is 135 cm³/mol. The molecule has 34 heavy (non-hydrogen) atoms. The largest absolute Gasteiger partial charge is 0.497 e. The number of amides is 1. The third-order valence-corrected chi connectivity index (χ3v) is 6.73. The van der Waals surface area contributed by atoms with Gasteiger partial charge >= 0.3 is 0 Å². The fourth-order valence-electron chi connectivity index (χ4n) is 3.35. The fraction of sp³-hybridized carbons (Fsp3) is 0.333. The maximum Gasteiger partial charge on any atom is 0.253 e. The molecule has 2 aromatic carbocycles. The Morgan fingerprint density at radius 3 is 2.41 bits per heavy atom. The molecule has 0 saturated heterocycles. The van der Waals surface area contributed by atoms with Crippen LogP contribution in [0.15, 0.2) is 47.6 Å². The molecule has 0 aliphatic heterocycles. The van der Waals surface area contributed by atoms with Gasteiger partial charge in [0.2, 0.25) is 0 Å². The highest BCUT2D eigenvalue weighted by Gasteiger charge is 2.27. The van der Waals surface area contributed by atoms with E-state index in [0.717, 1.165) is 0 Å². The number of hydrogen-bond acceptors (Lipinski definition) is 6. The van der Waals surface area contributed by atoms with Crippen LogP contribution in [0.2, 0.25) is 10.0 Å². The first-order valence-electron chi connectivity index (χ1n) is 10.7. The molecule has 0 radical (unpaired) electrons. The molecule has 0 aliphatic rings. The zero-order valence-corrected chi connectivity index (χ0v) is 21.7. The van der Waals surface area contributed by atoms with Crippen LogP contribution in [0, 0.1) is 5.92 Å². The highest BCUT2D eigenvalue weighted by molar-refractivity contribution is 7.99. The maximum absolute atomic E-state index is 12.9. The summed E-state index contributed by atoms with van der Waals surface area (Å²) in [7, 11) is 1.58. The Labute approximate surface area is 213 Å². The second-order valence-corrected chi connectivity index (χ2v) is 9.63. The van der Waals surface area contributed by atoms with E-state index in [1.165, 1.54) is 17.8 Å². The van der Waals surface area contributed by atoms with Crippen LogP contribution in [-0.2, 0) is 6.54 Å². The van der Waals surface area contributed by atoms with Gasteiger partial charge in [-0.25, -0.2) is 0 Å². The zero-order valence-electron chi connectivity index (χ0n) is 19.3. The Morgan fingerprint density at radius 1 is 1.12 bits per heavy atom. The van der Waals surface area contributed by atoms with E-state index in [0.29, 0.717) is 39.4 Å². The molecule has 1 amide bonds. The monoisotopic (exact) mass is 520 g/mol. The molecule has 0 aliphatic carbocycles. The topological polar surface area (TPSA) is 86.1 Å². The lowest BCUT2D eigenvalue weighted by molar-refractivity contribution is 0.0921. The van der Waals surface area contributed by atoms with Gasteiger partial charge in [-0.15, -0.1) is 10.2 Å². The van der Waals surface area contributed by atoms with Crippen molar-refractivity contribution in [1.29, 1.82) is 0 Å². The van der Waals surface area contributed by atoms with E-state index in [1.807, 2.05) is 25.3 Å². The number of Topliss-reactive ketones (excluding diaryl/α,β-unsaturated/α-hetero) is 1. The second-order valence-electron chi connectivity index (χ2n) is 7.84. The molecule has 0 saturated carbocycles. The highest BCUT2D eigenvalue weighted by Crippen LogP contribution is 2.27. The molecular formula is C24H26Cl2N4O3S. The van der Waals surface area contributed by atoms with Crippen molar-refractivity contribution in [3.8, 4) is 5.75 Å². The van der Waals surface area contributed by atoms with Crippen LogP contribution in [0.1, 0.15) is 53.4 Å². The number of nitrogens with one attached hydrogen (secondary N) is 1. The van der Waals surface area contributed by atoms with Gasteiger partial charge in [0.25, 0.3) is 5.91 Å². The van der Waals surface area contributed by atoms with Gasteiger partial charge in [-0.05, 0) is 55.3 Å². The van der Waals surface area contributed by atoms with Crippen molar-refractivity contribution in [2.24, 2.45) is 5.92 Å². The first kappa shape index (κ1) is 26.1. The Hall–Kier alpha value is -2.55. The van der Waals surface area contributed by atoms with Crippen molar-refractivity contribution >= 4 is 46.7 Å². The summed E-state index contributed by atoms with van der Waals surface area (Å²) < 4.78 is 7.06. The maximum atomic E-state index is 12.9. The molecule has 1 atom stereocenters. The molecule has 10 heteroatoms. The Bertz CT molecular complexity index is 1170. The van der Waals surface area contributed by atoms with Crippen LogP contribution in [0.25, 0.3) is 0 Å². The van der Waals surface area contributed by atoms with Gasteiger partial charge in [0, 0.05) is 17.1 Å². The number of benzene rings is 2. The van der Waals surface area contributed by atoms with E-state index in [2.05, 4.69) is 15.5 Å². The number of aromatic nitrogens is 3. The first-order valence-corrected chi connectivity index (χ1v) is 12.5. The Balaban J connectivity index is 1.76. The van der Waals surface area contributed by atoms with Crippen molar-refractivity contribution in [1.82, 2.24) is 20.1 Å². The molecule has 180 valence electrons. The number of rotatable bonds is 10. The Kier molecular flexibility index (Phi) is 8.99. The summed E-state index contributed by atoms with van der Waals surface area (Å²) in [6, 6.07) is 11.3. The van der Waals surface area contributed by atoms with Crippen LogP contribution in [-0.4, -0.2) is 39.3 Å². The lowest BCUT2D eigenvalue weighted by Crippen LogP contribution is -2.34. The molecule has 3 aromatic rings. The average molecular weight is 521 g/mol. The van der Waals surface area contributed by atoms with Gasteiger partial charge in [0.1, 0.15) is 5.75 Å². The molecular weight excluding hydrogens is 495 g/mol. The number of hydrogen-bond donors (Lipinski definition) is 1. The van der Waals surface area contributed by atoms with Crippen LogP contribution < -0.4 is 10.1 Å². The number of ether oxygens (including phenoxy) is 1. The normalized spacial score (nSPS) is 12.0. The van der Waals surface area contributed by atoms with E-state index in [4.69, 9.17) is 27.9 Å². The molecule has 7 nitrogen and oxygen atoms in total. The highest BCUT2D eigenvalue weighted by atomic mass is 35.5. The van der Waals surface area contributed by atoms with Crippen molar-refractivity contribution < 1.29 is 14.3 Å². The van der Waals surface area contributed by atoms with E-state index in [9.17, 15) is 9.59 Å². The minimum absolute atomic E-state index is 0.0223. The zero-order chi connectivity index (χ0) is 24.8. The fourth-order valence-corrected chi connectivity index (χ4v) is 4.74. The number of ketones is 1. The molecule has 1 N–H and O–H groups in total.